The van der Waals surface area contributed by atoms with Crippen molar-refractivity contribution >= 4 is 29.3 Å². The van der Waals surface area contributed by atoms with Crippen LogP contribution < -0.4 is 5.32 Å². The first-order chi connectivity index (χ1) is 15.0. The molecule has 0 aliphatic heterocycles. The van der Waals surface area contributed by atoms with Crippen molar-refractivity contribution in [1.29, 1.82) is 0 Å². The van der Waals surface area contributed by atoms with Crippen LogP contribution in [0.1, 0.15) is 15.9 Å². The molecule has 1 amide bonds. The first-order valence-corrected chi connectivity index (χ1v) is 10.6. The molecule has 1 heterocycles. The number of methoxy groups -OCH3 is 2. The number of carbonyl (C=O) groups excluding carboxylic acids is 2. The SMILES string of the molecule is COCCn1c(SCC(=O)Nc2ccccc2C(=O)OC)nnc1-c1cccc(C)c1. The molecule has 1 aromatic heterocycles. The van der Waals surface area contributed by atoms with Crippen LogP contribution in [0.25, 0.3) is 11.4 Å². The first kappa shape index (κ1) is 22.5. The van der Waals surface area contributed by atoms with Gasteiger partial charge in [-0.25, -0.2) is 4.79 Å². The Kier molecular flexibility index (Phi) is 7.80. The summed E-state index contributed by atoms with van der Waals surface area (Å²) >= 11 is 1.27. The number of rotatable bonds is 9. The van der Waals surface area contributed by atoms with Gasteiger partial charge in [0.05, 0.1) is 37.3 Å². The molecule has 0 radical (unpaired) electrons. The normalized spacial score (nSPS) is 10.7. The molecule has 9 heteroatoms. The van der Waals surface area contributed by atoms with E-state index in [0.717, 1.165) is 17.0 Å². The Morgan fingerprint density at radius 2 is 1.90 bits per heavy atom. The molecule has 8 nitrogen and oxygen atoms in total. The van der Waals surface area contributed by atoms with E-state index in [4.69, 9.17) is 9.47 Å². The average molecular weight is 441 g/mol. The van der Waals surface area contributed by atoms with E-state index in [1.807, 2.05) is 35.8 Å². The quantitative estimate of drug-likeness (QED) is 0.402. The van der Waals surface area contributed by atoms with Gasteiger partial charge in [-0.05, 0) is 25.1 Å². The fraction of sp³-hybridized carbons (Fsp3) is 0.273. The van der Waals surface area contributed by atoms with E-state index in [-0.39, 0.29) is 11.7 Å². The summed E-state index contributed by atoms with van der Waals surface area (Å²) in [5.41, 5.74) is 2.78. The predicted molar refractivity (Wildman–Crippen MR) is 119 cm³/mol. The number of carbonyl (C=O) groups is 2. The van der Waals surface area contributed by atoms with Gasteiger partial charge in [-0.2, -0.15) is 0 Å². The van der Waals surface area contributed by atoms with Crippen molar-refractivity contribution in [1.82, 2.24) is 14.8 Å². The summed E-state index contributed by atoms with van der Waals surface area (Å²) in [5, 5.41) is 12.0. The van der Waals surface area contributed by atoms with Crippen LogP contribution in [0.3, 0.4) is 0 Å². The molecule has 0 spiro atoms. The van der Waals surface area contributed by atoms with E-state index in [2.05, 4.69) is 15.5 Å². The lowest BCUT2D eigenvalue weighted by atomic mass is 10.1. The predicted octanol–water partition coefficient (Wildman–Crippen LogP) is 3.42. The summed E-state index contributed by atoms with van der Waals surface area (Å²) < 4.78 is 11.9. The van der Waals surface area contributed by atoms with E-state index < -0.39 is 5.97 Å². The second-order valence-corrected chi connectivity index (χ2v) is 7.64. The third kappa shape index (κ3) is 5.71. The third-order valence-electron chi connectivity index (χ3n) is 4.45. The van der Waals surface area contributed by atoms with Crippen molar-refractivity contribution in [3.63, 3.8) is 0 Å². The summed E-state index contributed by atoms with van der Waals surface area (Å²) in [6.07, 6.45) is 0. The molecule has 0 aliphatic rings. The van der Waals surface area contributed by atoms with Gasteiger partial charge in [0.15, 0.2) is 11.0 Å². The highest BCUT2D eigenvalue weighted by atomic mass is 32.2. The van der Waals surface area contributed by atoms with Crippen LogP contribution >= 0.6 is 11.8 Å². The van der Waals surface area contributed by atoms with Crippen molar-refractivity contribution in [3.05, 3.63) is 59.7 Å². The van der Waals surface area contributed by atoms with Gasteiger partial charge in [0.1, 0.15) is 0 Å². The van der Waals surface area contributed by atoms with Gasteiger partial charge in [0.2, 0.25) is 5.91 Å². The molecular formula is C22H24N4O4S. The maximum absolute atomic E-state index is 12.5. The molecular weight excluding hydrogens is 416 g/mol. The molecule has 3 aromatic rings. The van der Waals surface area contributed by atoms with Crippen LogP contribution in [-0.4, -0.2) is 53.2 Å². The molecule has 0 saturated heterocycles. The number of ether oxygens (including phenoxy) is 2. The number of aromatic nitrogens is 3. The lowest BCUT2D eigenvalue weighted by Gasteiger charge is -2.11. The minimum atomic E-state index is -0.509. The Morgan fingerprint density at radius 3 is 2.65 bits per heavy atom. The number of hydrogen-bond acceptors (Lipinski definition) is 7. The van der Waals surface area contributed by atoms with Gasteiger partial charge in [-0.1, -0.05) is 47.7 Å². The zero-order chi connectivity index (χ0) is 22.2. The number of anilines is 1. The number of hydrogen-bond donors (Lipinski definition) is 1. The third-order valence-corrected chi connectivity index (χ3v) is 5.42. The molecule has 0 bridgehead atoms. The van der Waals surface area contributed by atoms with Crippen molar-refractivity contribution in [2.45, 2.75) is 18.6 Å². The van der Waals surface area contributed by atoms with Gasteiger partial charge >= 0.3 is 5.97 Å². The van der Waals surface area contributed by atoms with Crippen LogP contribution in [-0.2, 0) is 20.8 Å². The zero-order valence-electron chi connectivity index (χ0n) is 17.6. The minimum absolute atomic E-state index is 0.106. The lowest BCUT2D eigenvalue weighted by molar-refractivity contribution is -0.113. The molecule has 0 atom stereocenters. The van der Waals surface area contributed by atoms with E-state index in [1.165, 1.54) is 18.9 Å². The second kappa shape index (κ2) is 10.7. The number of amides is 1. The fourth-order valence-corrected chi connectivity index (χ4v) is 3.74. The van der Waals surface area contributed by atoms with Gasteiger partial charge in [-0.15, -0.1) is 10.2 Å². The van der Waals surface area contributed by atoms with Crippen LogP contribution in [0.15, 0.2) is 53.7 Å². The standard InChI is InChI=1S/C22H24N4O4S/c1-15-7-6-8-16(13-15)20-24-25-22(26(20)11-12-29-2)31-14-19(27)23-18-10-5-4-9-17(18)21(28)30-3/h4-10,13H,11-12,14H2,1-3H3,(H,23,27). The Balaban J connectivity index is 1.74. The highest BCUT2D eigenvalue weighted by Crippen LogP contribution is 2.25. The Labute approximate surface area is 185 Å². The largest absolute Gasteiger partial charge is 0.465 e. The number of aryl methyl sites for hydroxylation is 1. The summed E-state index contributed by atoms with van der Waals surface area (Å²) in [6, 6.07) is 14.7. The molecule has 2 aromatic carbocycles. The molecule has 0 saturated carbocycles. The highest BCUT2D eigenvalue weighted by Gasteiger charge is 2.17. The van der Waals surface area contributed by atoms with E-state index in [9.17, 15) is 9.59 Å². The van der Waals surface area contributed by atoms with Crippen LogP contribution in [0, 0.1) is 6.92 Å². The highest BCUT2D eigenvalue weighted by molar-refractivity contribution is 7.99. The van der Waals surface area contributed by atoms with E-state index in [0.29, 0.717) is 29.6 Å². The van der Waals surface area contributed by atoms with Gasteiger partial charge in [0, 0.05) is 12.7 Å². The number of esters is 1. The van der Waals surface area contributed by atoms with E-state index >= 15 is 0 Å². The number of benzene rings is 2. The number of nitrogens with one attached hydrogen (secondary N) is 1. The van der Waals surface area contributed by atoms with Crippen LogP contribution in [0.4, 0.5) is 5.69 Å². The first-order valence-electron chi connectivity index (χ1n) is 9.62. The van der Waals surface area contributed by atoms with E-state index in [1.54, 1.807) is 31.4 Å². The molecule has 0 unspecified atom stereocenters. The molecule has 31 heavy (non-hydrogen) atoms. The molecule has 3 rings (SSSR count). The van der Waals surface area contributed by atoms with Crippen molar-refractivity contribution in [2.75, 3.05) is 31.9 Å². The summed E-state index contributed by atoms with van der Waals surface area (Å²) in [6.45, 7) is 3.07. The second-order valence-electron chi connectivity index (χ2n) is 6.69. The lowest BCUT2D eigenvalue weighted by Crippen LogP contribution is -2.17. The maximum Gasteiger partial charge on any atom is 0.339 e. The number of thioether (sulfide) groups is 1. The number of nitrogens with zero attached hydrogens (tertiary/aromatic N) is 3. The monoisotopic (exact) mass is 440 g/mol. The summed E-state index contributed by atoms with van der Waals surface area (Å²) in [5.74, 6) is 0.0548. The van der Waals surface area contributed by atoms with Crippen molar-refractivity contribution in [3.8, 4) is 11.4 Å². The molecule has 1 N–H and O–H groups in total. The fourth-order valence-electron chi connectivity index (χ4n) is 2.97. The zero-order valence-corrected chi connectivity index (χ0v) is 18.4. The van der Waals surface area contributed by atoms with Crippen molar-refractivity contribution < 1.29 is 19.1 Å². The Morgan fingerprint density at radius 1 is 1.10 bits per heavy atom. The minimum Gasteiger partial charge on any atom is -0.465 e. The van der Waals surface area contributed by atoms with Crippen LogP contribution in [0.5, 0.6) is 0 Å². The summed E-state index contributed by atoms with van der Waals surface area (Å²) in [7, 11) is 2.94. The maximum atomic E-state index is 12.5. The van der Waals surface area contributed by atoms with Crippen molar-refractivity contribution in [2.24, 2.45) is 0 Å². The van der Waals surface area contributed by atoms with Gasteiger partial charge in [-0.3, -0.25) is 9.36 Å². The smallest absolute Gasteiger partial charge is 0.339 e. The summed E-state index contributed by atoms with van der Waals surface area (Å²) in [4.78, 5) is 24.4. The molecule has 0 fully saturated rings. The van der Waals surface area contributed by atoms with Crippen LogP contribution in [0.2, 0.25) is 0 Å². The number of para-hydroxylation sites is 1. The molecule has 162 valence electrons. The topological polar surface area (TPSA) is 95.3 Å². The Bertz CT molecular complexity index is 1070. The molecule has 0 aliphatic carbocycles. The Hall–Kier alpha value is -3.17. The average Bonchev–Trinajstić information content (AvgIpc) is 3.18. The van der Waals surface area contributed by atoms with Gasteiger partial charge in [0.25, 0.3) is 0 Å². The van der Waals surface area contributed by atoms with Gasteiger partial charge < -0.3 is 14.8 Å².